The molecule has 3 unspecified atom stereocenters. The first-order chi connectivity index (χ1) is 14.3. The zero-order chi connectivity index (χ0) is 21.8. The summed E-state index contributed by atoms with van der Waals surface area (Å²) in [5.41, 5.74) is -0.188. The van der Waals surface area contributed by atoms with Crippen molar-refractivity contribution in [3.05, 3.63) is 40.3 Å². The Morgan fingerprint density at radius 3 is 2.60 bits per heavy atom. The Balaban J connectivity index is 1.74. The number of carbonyl (C=O) groups is 2. The summed E-state index contributed by atoms with van der Waals surface area (Å²) in [7, 11) is 0. The Morgan fingerprint density at radius 1 is 1.20 bits per heavy atom. The van der Waals surface area contributed by atoms with Gasteiger partial charge in [0.05, 0.1) is 5.39 Å². The van der Waals surface area contributed by atoms with Crippen molar-refractivity contribution >= 4 is 22.6 Å². The SMILES string of the molecule is CC(C)Cn1nc(C(=O)OCC(=O)NC2CCCC(C)C2C)c2ccccc2c1=O. The molecule has 1 aromatic heterocycles. The summed E-state index contributed by atoms with van der Waals surface area (Å²) in [6.07, 6.45) is 3.20. The van der Waals surface area contributed by atoms with E-state index < -0.39 is 5.97 Å². The third-order valence-corrected chi connectivity index (χ3v) is 5.99. The normalized spacial score (nSPS) is 21.6. The molecular formula is C23H31N3O4. The van der Waals surface area contributed by atoms with Crippen molar-refractivity contribution in [2.75, 3.05) is 6.61 Å². The van der Waals surface area contributed by atoms with Gasteiger partial charge in [-0.1, -0.05) is 58.7 Å². The van der Waals surface area contributed by atoms with Gasteiger partial charge in [-0.2, -0.15) is 5.10 Å². The zero-order valence-electron chi connectivity index (χ0n) is 18.2. The van der Waals surface area contributed by atoms with Gasteiger partial charge >= 0.3 is 5.97 Å². The lowest BCUT2D eigenvalue weighted by Crippen LogP contribution is -2.45. The number of hydrogen-bond acceptors (Lipinski definition) is 5. The predicted molar refractivity (Wildman–Crippen MR) is 115 cm³/mol. The number of carbonyl (C=O) groups excluding carboxylic acids is 2. The van der Waals surface area contributed by atoms with E-state index in [0.717, 1.165) is 12.8 Å². The van der Waals surface area contributed by atoms with Crippen molar-refractivity contribution in [1.29, 1.82) is 0 Å². The maximum absolute atomic E-state index is 12.7. The number of ether oxygens (including phenoxy) is 1. The minimum atomic E-state index is -0.705. The Hall–Kier alpha value is -2.70. The van der Waals surface area contributed by atoms with E-state index in [1.54, 1.807) is 24.3 Å². The molecule has 3 rings (SSSR count). The fraction of sp³-hybridized carbons (Fsp3) is 0.565. The largest absolute Gasteiger partial charge is 0.451 e. The molecule has 1 saturated carbocycles. The summed E-state index contributed by atoms with van der Waals surface area (Å²) in [4.78, 5) is 37.8. The number of esters is 1. The second kappa shape index (κ2) is 9.41. The van der Waals surface area contributed by atoms with Crippen LogP contribution in [0.4, 0.5) is 0 Å². The third-order valence-electron chi connectivity index (χ3n) is 5.99. The molecule has 3 atom stereocenters. The fourth-order valence-electron chi connectivity index (χ4n) is 4.09. The Bertz CT molecular complexity index is 982. The molecule has 0 aliphatic heterocycles. The average Bonchev–Trinajstić information content (AvgIpc) is 2.71. The smallest absolute Gasteiger partial charge is 0.359 e. The Kier molecular flexibility index (Phi) is 6.90. The number of benzene rings is 1. The maximum atomic E-state index is 12.7. The molecule has 0 bridgehead atoms. The molecular weight excluding hydrogens is 382 g/mol. The molecule has 1 aromatic carbocycles. The highest BCUT2D eigenvalue weighted by atomic mass is 16.5. The van der Waals surface area contributed by atoms with Crippen LogP contribution in [0.15, 0.2) is 29.1 Å². The van der Waals surface area contributed by atoms with Crippen LogP contribution in [0.3, 0.4) is 0 Å². The Labute approximate surface area is 176 Å². The predicted octanol–water partition coefficient (Wildman–Crippen LogP) is 3.15. The number of rotatable bonds is 6. The van der Waals surface area contributed by atoms with Gasteiger partial charge < -0.3 is 10.1 Å². The van der Waals surface area contributed by atoms with E-state index in [2.05, 4.69) is 24.3 Å². The van der Waals surface area contributed by atoms with Crippen molar-refractivity contribution in [2.45, 2.75) is 59.5 Å². The average molecular weight is 414 g/mol. The van der Waals surface area contributed by atoms with Gasteiger partial charge in [-0.25, -0.2) is 9.48 Å². The minimum Gasteiger partial charge on any atom is -0.451 e. The van der Waals surface area contributed by atoms with E-state index in [1.165, 1.54) is 11.1 Å². The lowest BCUT2D eigenvalue weighted by molar-refractivity contribution is -0.125. The highest BCUT2D eigenvalue weighted by molar-refractivity contribution is 6.02. The highest BCUT2D eigenvalue weighted by Gasteiger charge is 2.28. The molecule has 0 saturated heterocycles. The first kappa shape index (κ1) is 22.0. The fourth-order valence-corrected chi connectivity index (χ4v) is 4.09. The number of hydrogen-bond donors (Lipinski definition) is 1. The zero-order valence-corrected chi connectivity index (χ0v) is 18.2. The molecule has 162 valence electrons. The van der Waals surface area contributed by atoms with Crippen LogP contribution in [0.25, 0.3) is 10.8 Å². The van der Waals surface area contributed by atoms with Gasteiger partial charge in [0.1, 0.15) is 0 Å². The maximum Gasteiger partial charge on any atom is 0.359 e. The molecule has 0 radical (unpaired) electrons. The first-order valence-corrected chi connectivity index (χ1v) is 10.7. The van der Waals surface area contributed by atoms with Gasteiger partial charge in [-0.3, -0.25) is 9.59 Å². The quantitative estimate of drug-likeness (QED) is 0.735. The van der Waals surface area contributed by atoms with E-state index >= 15 is 0 Å². The topological polar surface area (TPSA) is 90.3 Å². The summed E-state index contributed by atoms with van der Waals surface area (Å²) in [6, 6.07) is 6.94. The number of amides is 1. The van der Waals surface area contributed by atoms with Crippen molar-refractivity contribution in [3.63, 3.8) is 0 Å². The van der Waals surface area contributed by atoms with E-state index in [4.69, 9.17) is 4.74 Å². The van der Waals surface area contributed by atoms with Crippen LogP contribution in [0.1, 0.15) is 57.4 Å². The van der Waals surface area contributed by atoms with Crippen LogP contribution in [-0.2, 0) is 16.1 Å². The summed E-state index contributed by atoms with van der Waals surface area (Å²) < 4.78 is 6.57. The van der Waals surface area contributed by atoms with Gasteiger partial charge in [0.2, 0.25) is 0 Å². The lowest BCUT2D eigenvalue weighted by atomic mass is 9.78. The van der Waals surface area contributed by atoms with E-state index in [-0.39, 0.29) is 35.7 Å². The minimum absolute atomic E-state index is 0.0540. The second-order valence-corrected chi connectivity index (χ2v) is 8.79. The monoisotopic (exact) mass is 413 g/mol. The molecule has 1 amide bonds. The van der Waals surface area contributed by atoms with Crippen LogP contribution in [0.5, 0.6) is 0 Å². The standard InChI is InChI=1S/C23H31N3O4/c1-14(2)12-26-22(28)18-10-6-5-9-17(18)21(25-26)23(29)30-13-20(27)24-19-11-7-8-15(3)16(19)4/h5-6,9-10,14-16,19H,7-8,11-13H2,1-4H3,(H,24,27). The molecule has 1 heterocycles. The van der Waals surface area contributed by atoms with Crippen molar-refractivity contribution < 1.29 is 14.3 Å². The Morgan fingerprint density at radius 2 is 1.90 bits per heavy atom. The number of fused-ring (bicyclic) bond motifs is 1. The van der Waals surface area contributed by atoms with Crippen molar-refractivity contribution in [3.8, 4) is 0 Å². The van der Waals surface area contributed by atoms with Gasteiger partial charge in [0.15, 0.2) is 12.3 Å². The van der Waals surface area contributed by atoms with Crippen molar-refractivity contribution in [2.24, 2.45) is 17.8 Å². The molecule has 0 spiro atoms. The van der Waals surface area contributed by atoms with E-state index in [1.807, 2.05) is 13.8 Å². The molecule has 7 nitrogen and oxygen atoms in total. The lowest BCUT2D eigenvalue weighted by Gasteiger charge is -2.34. The molecule has 1 aliphatic carbocycles. The van der Waals surface area contributed by atoms with Crippen LogP contribution < -0.4 is 10.9 Å². The van der Waals surface area contributed by atoms with Gasteiger partial charge in [-0.15, -0.1) is 0 Å². The highest BCUT2D eigenvalue weighted by Crippen LogP contribution is 2.29. The molecule has 7 heteroatoms. The number of nitrogens with zero attached hydrogens (tertiary/aromatic N) is 2. The molecule has 30 heavy (non-hydrogen) atoms. The van der Waals surface area contributed by atoms with Crippen LogP contribution in [0, 0.1) is 17.8 Å². The third kappa shape index (κ3) is 4.89. The second-order valence-electron chi connectivity index (χ2n) is 8.79. The van der Waals surface area contributed by atoms with E-state index in [0.29, 0.717) is 29.2 Å². The molecule has 1 N–H and O–H groups in total. The van der Waals surface area contributed by atoms with Crippen LogP contribution in [-0.4, -0.2) is 34.3 Å². The summed E-state index contributed by atoms with van der Waals surface area (Å²) in [5.74, 6) is 0.122. The number of aromatic nitrogens is 2. The van der Waals surface area contributed by atoms with Crippen LogP contribution >= 0.6 is 0 Å². The molecule has 2 aromatic rings. The first-order valence-electron chi connectivity index (χ1n) is 10.7. The summed E-state index contributed by atoms with van der Waals surface area (Å²) >= 11 is 0. The van der Waals surface area contributed by atoms with Gasteiger partial charge in [-0.05, 0) is 30.2 Å². The number of nitrogens with one attached hydrogen (secondary N) is 1. The molecule has 1 fully saturated rings. The summed E-state index contributed by atoms with van der Waals surface area (Å²) in [5, 5.41) is 8.10. The van der Waals surface area contributed by atoms with Crippen LogP contribution in [0.2, 0.25) is 0 Å². The summed E-state index contributed by atoms with van der Waals surface area (Å²) in [6.45, 7) is 8.32. The van der Waals surface area contributed by atoms with Gasteiger partial charge in [0, 0.05) is 18.0 Å². The van der Waals surface area contributed by atoms with Crippen molar-refractivity contribution in [1.82, 2.24) is 15.1 Å². The molecule has 1 aliphatic rings. The van der Waals surface area contributed by atoms with E-state index in [9.17, 15) is 14.4 Å². The van der Waals surface area contributed by atoms with Gasteiger partial charge in [0.25, 0.3) is 11.5 Å².